The Morgan fingerprint density at radius 3 is 2.42 bits per heavy atom. The minimum absolute atomic E-state index is 0. The van der Waals surface area contributed by atoms with Gasteiger partial charge in [-0.05, 0) is 49.9 Å². The largest absolute Gasteiger partial charge is 0.493 e. The summed E-state index contributed by atoms with van der Waals surface area (Å²) >= 11 is 0. The summed E-state index contributed by atoms with van der Waals surface area (Å²) in [5, 5.41) is 6.63. The summed E-state index contributed by atoms with van der Waals surface area (Å²) < 4.78 is 22.4. The molecule has 2 aromatic rings. The van der Waals surface area contributed by atoms with Crippen LogP contribution in [0, 0.1) is 0 Å². The van der Waals surface area contributed by atoms with Gasteiger partial charge < -0.3 is 29.6 Å². The molecule has 0 aliphatic carbocycles. The Kier molecular flexibility index (Phi) is 12.3. The maximum atomic E-state index is 6.00. The van der Waals surface area contributed by atoms with Crippen LogP contribution >= 0.6 is 24.0 Å². The summed E-state index contributed by atoms with van der Waals surface area (Å²) in [5.41, 5.74) is 3.20. The summed E-state index contributed by atoms with van der Waals surface area (Å²) in [6, 6.07) is 14.2. The molecule has 2 N–H and O–H groups in total. The molecule has 0 amide bonds. The van der Waals surface area contributed by atoms with Crippen LogP contribution in [0.3, 0.4) is 0 Å². The smallest absolute Gasteiger partial charge is 0.196 e. The molecule has 0 bridgehead atoms. The Hall–Kier alpha value is -2.04. The van der Waals surface area contributed by atoms with Gasteiger partial charge in [-0.3, -0.25) is 0 Å². The van der Waals surface area contributed by atoms with Crippen LogP contribution in [0.15, 0.2) is 47.5 Å². The number of hydrogen-bond donors (Lipinski definition) is 2. The fourth-order valence-electron chi connectivity index (χ4n) is 3.43. The van der Waals surface area contributed by atoms with Crippen LogP contribution < -0.4 is 20.1 Å². The second-order valence-electron chi connectivity index (χ2n) is 7.56. The number of nitrogens with one attached hydrogen (secondary N) is 2. The highest BCUT2D eigenvalue weighted by Crippen LogP contribution is 2.30. The highest BCUT2D eigenvalue weighted by molar-refractivity contribution is 14.0. The molecule has 0 atom stereocenters. The molecule has 2 aromatic carbocycles. The lowest BCUT2D eigenvalue weighted by Gasteiger charge is -2.22. The summed E-state index contributed by atoms with van der Waals surface area (Å²) in [4.78, 5) is 4.72. The Bertz CT molecular complexity index is 855. The molecule has 7 nitrogen and oxygen atoms in total. The van der Waals surface area contributed by atoms with Gasteiger partial charge >= 0.3 is 0 Å². The van der Waals surface area contributed by atoms with Crippen LogP contribution in [0.4, 0.5) is 5.69 Å². The van der Waals surface area contributed by atoms with Crippen LogP contribution in [-0.2, 0) is 22.6 Å². The molecule has 3 rings (SSSR count). The van der Waals surface area contributed by atoms with Crippen LogP contribution in [0.5, 0.6) is 11.5 Å². The van der Waals surface area contributed by atoms with E-state index in [9.17, 15) is 0 Å². The maximum Gasteiger partial charge on any atom is 0.196 e. The van der Waals surface area contributed by atoms with E-state index in [4.69, 9.17) is 23.9 Å². The second kappa shape index (κ2) is 15.0. The molecule has 182 valence electrons. The first-order valence-corrected chi connectivity index (χ1v) is 11.3. The quantitative estimate of drug-likeness (QED) is 0.239. The van der Waals surface area contributed by atoms with Crippen molar-refractivity contribution in [3.63, 3.8) is 0 Å². The Labute approximate surface area is 214 Å². The van der Waals surface area contributed by atoms with E-state index in [1.807, 2.05) is 32.0 Å². The highest BCUT2D eigenvalue weighted by Gasteiger charge is 2.14. The third kappa shape index (κ3) is 9.02. The lowest BCUT2D eigenvalue weighted by molar-refractivity contribution is -0.0390. The standard InChI is InChI=1S/C25H35N3O4.HI/c1-4-26-25(28-21-10-11-23(29-3)24(16-21)31-5-2)27-17-19-6-8-20(9-7-19)18-32-22-12-14-30-15-13-22;/h6-11,16,22H,4-5,12-15,17-18H2,1-3H3,(H2,26,27,28);1H. The minimum Gasteiger partial charge on any atom is -0.493 e. The molecule has 33 heavy (non-hydrogen) atoms. The molecule has 0 saturated carbocycles. The maximum absolute atomic E-state index is 6.00. The number of ether oxygens (including phenoxy) is 4. The summed E-state index contributed by atoms with van der Waals surface area (Å²) in [5.74, 6) is 2.13. The first-order valence-electron chi connectivity index (χ1n) is 11.3. The van der Waals surface area contributed by atoms with E-state index in [1.54, 1.807) is 7.11 Å². The molecule has 0 aromatic heterocycles. The zero-order valence-corrected chi connectivity index (χ0v) is 22.1. The van der Waals surface area contributed by atoms with E-state index in [0.717, 1.165) is 43.9 Å². The monoisotopic (exact) mass is 569 g/mol. The summed E-state index contributed by atoms with van der Waals surface area (Å²) in [6.07, 6.45) is 2.27. The van der Waals surface area contributed by atoms with Crippen molar-refractivity contribution in [2.45, 2.75) is 45.9 Å². The number of halogens is 1. The SMILES string of the molecule is CCNC(=NCc1ccc(COC2CCOCC2)cc1)Nc1ccc(OC)c(OCC)c1.I. The van der Waals surface area contributed by atoms with Crippen molar-refractivity contribution in [2.24, 2.45) is 4.99 Å². The number of nitrogens with zero attached hydrogens (tertiary/aromatic N) is 1. The van der Waals surface area contributed by atoms with Gasteiger partial charge in [-0.1, -0.05) is 24.3 Å². The average Bonchev–Trinajstić information content (AvgIpc) is 2.83. The molecule has 1 aliphatic heterocycles. The van der Waals surface area contributed by atoms with Crippen molar-refractivity contribution in [3.05, 3.63) is 53.6 Å². The Morgan fingerprint density at radius 2 is 1.76 bits per heavy atom. The van der Waals surface area contributed by atoms with Crippen LogP contribution in [0.1, 0.15) is 37.8 Å². The second-order valence-corrected chi connectivity index (χ2v) is 7.56. The fraction of sp³-hybridized carbons (Fsp3) is 0.480. The van der Waals surface area contributed by atoms with Crippen molar-refractivity contribution in [2.75, 3.05) is 38.8 Å². The third-order valence-corrected chi connectivity index (χ3v) is 5.17. The van der Waals surface area contributed by atoms with Gasteiger partial charge in [0.1, 0.15) is 0 Å². The number of rotatable bonds is 10. The van der Waals surface area contributed by atoms with Gasteiger partial charge in [0.2, 0.25) is 0 Å². The Morgan fingerprint density at radius 1 is 1.03 bits per heavy atom. The van der Waals surface area contributed by atoms with E-state index in [1.165, 1.54) is 5.56 Å². The van der Waals surface area contributed by atoms with Crippen LogP contribution in [-0.4, -0.2) is 45.5 Å². The topological polar surface area (TPSA) is 73.3 Å². The molecule has 1 heterocycles. The molecular weight excluding hydrogens is 533 g/mol. The number of methoxy groups -OCH3 is 1. The normalized spacial score (nSPS) is 14.3. The molecule has 0 unspecified atom stereocenters. The van der Waals surface area contributed by atoms with Crippen molar-refractivity contribution < 1.29 is 18.9 Å². The van der Waals surface area contributed by atoms with E-state index in [-0.39, 0.29) is 24.0 Å². The lowest BCUT2D eigenvalue weighted by Crippen LogP contribution is -2.30. The highest BCUT2D eigenvalue weighted by atomic mass is 127. The number of aliphatic imine (C=N–C) groups is 1. The van der Waals surface area contributed by atoms with Gasteiger partial charge in [0.25, 0.3) is 0 Å². The van der Waals surface area contributed by atoms with Gasteiger partial charge in [-0.2, -0.15) is 0 Å². The van der Waals surface area contributed by atoms with E-state index in [2.05, 4.69) is 34.9 Å². The molecule has 0 radical (unpaired) electrons. The molecular formula is C25H36IN3O4. The molecule has 8 heteroatoms. The van der Waals surface area contributed by atoms with Gasteiger partial charge in [0.05, 0.1) is 33.0 Å². The molecule has 1 saturated heterocycles. The summed E-state index contributed by atoms with van der Waals surface area (Å²) in [6.45, 7) is 8.15. The van der Waals surface area contributed by atoms with Gasteiger partial charge in [-0.15, -0.1) is 24.0 Å². The van der Waals surface area contributed by atoms with Crippen molar-refractivity contribution in [1.29, 1.82) is 0 Å². The predicted molar refractivity (Wildman–Crippen MR) is 143 cm³/mol. The van der Waals surface area contributed by atoms with Crippen molar-refractivity contribution in [3.8, 4) is 11.5 Å². The average molecular weight is 569 g/mol. The predicted octanol–water partition coefficient (Wildman–Crippen LogP) is 4.99. The first kappa shape index (κ1) is 27.2. The van der Waals surface area contributed by atoms with Crippen LogP contribution in [0.25, 0.3) is 0 Å². The van der Waals surface area contributed by atoms with E-state index in [0.29, 0.717) is 43.3 Å². The fourth-order valence-corrected chi connectivity index (χ4v) is 3.43. The lowest BCUT2D eigenvalue weighted by atomic mass is 10.1. The summed E-state index contributed by atoms with van der Waals surface area (Å²) in [7, 11) is 1.64. The number of hydrogen-bond acceptors (Lipinski definition) is 5. The van der Waals surface area contributed by atoms with Gasteiger partial charge in [-0.25, -0.2) is 4.99 Å². The van der Waals surface area contributed by atoms with E-state index < -0.39 is 0 Å². The van der Waals surface area contributed by atoms with Crippen molar-refractivity contribution >= 4 is 35.6 Å². The van der Waals surface area contributed by atoms with Crippen molar-refractivity contribution in [1.82, 2.24) is 5.32 Å². The molecule has 1 fully saturated rings. The van der Waals surface area contributed by atoms with Gasteiger partial charge in [0, 0.05) is 31.5 Å². The third-order valence-electron chi connectivity index (χ3n) is 5.17. The minimum atomic E-state index is 0. The zero-order chi connectivity index (χ0) is 22.6. The molecule has 0 spiro atoms. The molecule has 1 aliphatic rings. The van der Waals surface area contributed by atoms with Gasteiger partial charge in [0.15, 0.2) is 17.5 Å². The first-order chi connectivity index (χ1) is 15.7. The number of anilines is 1. The van der Waals surface area contributed by atoms with Crippen LogP contribution in [0.2, 0.25) is 0 Å². The number of guanidine groups is 1. The van der Waals surface area contributed by atoms with E-state index >= 15 is 0 Å². The zero-order valence-electron chi connectivity index (χ0n) is 19.8. The number of benzene rings is 2. The Balaban J connectivity index is 0.00000385.